The van der Waals surface area contributed by atoms with Crippen molar-refractivity contribution >= 4 is 16.9 Å². The Balaban J connectivity index is 1.32. The summed E-state index contributed by atoms with van der Waals surface area (Å²) < 4.78 is 0. The molecule has 2 heterocycles. The number of aromatic nitrogens is 2. The fraction of sp³-hybridized carbons (Fsp3) is 0.483. The van der Waals surface area contributed by atoms with Crippen molar-refractivity contribution in [3.63, 3.8) is 0 Å². The Kier molecular flexibility index (Phi) is 4.50. The maximum atomic E-state index is 14.4. The Morgan fingerprint density at radius 3 is 2.15 bits per heavy atom. The summed E-state index contributed by atoms with van der Waals surface area (Å²) in [5, 5.41) is 0. The summed E-state index contributed by atoms with van der Waals surface area (Å²) in [5.74, 6) is 0.938. The molecule has 0 N–H and O–H groups in total. The molecule has 1 saturated carbocycles. The zero-order chi connectivity index (χ0) is 22.8. The van der Waals surface area contributed by atoms with Gasteiger partial charge in [-0.15, -0.1) is 0 Å². The first-order valence-electron chi connectivity index (χ1n) is 12.5. The molecule has 1 aromatic heterocycles. The van der Waals surface area contributed by atoms with E-state index in [0.29, 0.717) is 5.92 Å². The van der Waals surface area contributed by atoms with Crippen LogP contribution in [0.1, 0.15) is 63.4 Å². The molecule has 2 aromatic carbocycles. The second-order valence-corrected chi connectivity index (χ2v) is 11.2. The normalized spacial score (nSPS) is 28.3. The van der Waals surface area contributed by atoms with Crippen molar-refractivity contribution < 1.29 is 4.79 Å². The molecule has 0 radical (unpaired) electrons. The molecule has 1 amide bonds. The smallest absolute Gasteiger partial charge is 0.235 e. The van der Waals surface area contributed by atoms with E-state index in [-0.39, 0.29) is 16.7 Å². The van der Waals surface area contributed by atoms with E-state index in [1.807, 2.05) is 24.3 Å². The van der Waals surface area contributed by atoms with Crippen LogP contribution >= 0.6 is 0 Å². The Labute approximate surface area is 196 Å². The van der Waals surface area contributed by atoms with Crippen molar-refractivity contribution in [1.29, 1.82) is 0 Å². The molecular weight excluding hydrogens is 406 g/mol. The summed E-state index contributed by atoms with van der Waals surface area (Å²) in [6.45, 7) is 8.58. The number of carbonyl (C=O) groups is 1. The summed E-state index contributed by atoms with van der Waals surface area (Å²) in [5.41, 5.74) is 4.35. The quantitative estimate of drug-likeness (QED) is 0.546. The fourth-order valence-corrected chi connectivity index (χ4v) is 7.08. The zero-order valence-corrected chi connectivity index (χ0v) is 20.0. The summed E-state index contributed by atoms with van der Waals surface area (Å²) in [4.78, 5) is 26.7. The molecule has 2 bridgehead atoms. The molecule has 1 aliphatic heterocycles. The predicted octanol–water partition coefficient (Wildman–Crippen LogP) is 5.44. The van der Waals surface area contributed by atoms with Crippen molar-refractivity contribution in [1.82, 2.24) is 14.9 Å². The number of rotatable bonds is 3. The van der Waals surface area contributed by atoms with Gasteiger partial charge in [0.15, 0.2) is 0 Å². The summed E-state index contributed by atoms with van der Waals surface area (Å²) in [6, 6.07) is 18.8. The molecule has 2 aliphatic carbocycles. The number of piperidine rings is 1. The summed E-state index contributed by atoms with van der Waals surface area (Å²) in [6.07, 6.45) is 5.13. The lowest BCUT2D eigenvalue weighted by atomic mass is 9.63. The van der Waals surface area contributed by atoms with Gasteiger partial charge in [-0.2, -0.15) is 0 Å². The number of fused-ring (bicyclic) bond motifs is 6. The summed E-state index contributed by atoms with van der Waals surface area (Å²) in [7, 11) is 0. The van der Waals surface area contributed by atoms with E-state index in [2.05, 4.69) is 56.0 Å². The summed E-state index contributed by atoms with van der Waals surface area (Å²) >= 11 is 0. The molecular formula is C29H33N3O. The third-order valence-electron chi connectivity index (χ3n) is 9.58. The van der Waals surface area contributed by atoms with Crippen LogP contribution in [0.2, 0.25) is 0 Å². The second-order valence-electron chi connectivity index (χ2n) is 11.2. The molecule has 2 atom stereocenters. The van der Waals surface area contributed by atoms with E-state index < -0.39 is 5.41 Å². The van der Waals surface area contributed by atoms with E-state index >= 15 is 0 Å². The lowest BCUT2D eigenvalue weighted by Crippen LogP contribution is -2.54. The van der Waals surface area contributed by atoms with Crippen molar-refractivity contribution in [2.45, 2.75) is 63.7 Å². The average Bonchev–Trinajstić information content (AvgIpc) is 3.13. The van der Waals surface area contributed by atoms with Crippen molar-refractivity contribution in [3.05, 3.63) is 71.5 Å². The van der Waals surface area contributed by atoms with Crippen molar-refractivity contribution in [2.75, 3.05) is 13.1 Å². The lowest BCUT2D eigenvalue weighted by molar-refractivity contribution is -0.143. The minimum absolute atomic E-state index is 0.124. The average molecular weight is 440 g/mol. The van der Waals surface area contributed by atoms with Gasteiger partial charge in [-0.05, 0) is 61.1 Å². The Morgan fingerprint density at radius 2 is 1.48 bits per heavy atom. The molecule has 4 heteroatoms. The van der Waals surface area contributed by atoms with Gasteiger partial charge in [-0.3, -0.25) is 4.79 Å². The van der Waals surface area contributed by atoms with Gasteiger partial charge in [-0.25, -0.2) is 9.97 Å². The standard InChI is InChI=1S/C29H33N3O/c1-27(2)28(3)15-16-29(27,25-24(28)30-22-11-7-8-12-23(22)31-25)26(33)32-17-13-21(14-18-32)19-20-9-5-4-6-10-20/h4-12,21H,13-19H2,1-3H3. The molecule has 2 unspecified atom stereocenters. The zero-order valence-electron chi connectivity index (χ0n) is 20.0. The first-order valence-corrected chi connectivity index (χ1v) is 12.5. The van der Waals surface area contributed by atoms with Crippen LogP contribution in [-0.2, 0) is 22.0 Å². The van der Waals surface area contributed by atoms with E-state index in [4.69, 9.17) is 9.97 Å². The van der Waals surface area contributed by atoms with Crippen LogP contribution in [0.3, 0.4) is 0 Å². The maximum absolute atomic E-state index is 14.4. The molecule has 3 aliphatic rings. The van der Waals surface area contributed by atoms with E-state index in [0.717, 1.165) is 67.6 Å². The van der Waals surface area contributed by atoms with Crippen LogP contribution in [0.25, 0.3) is 11.0 Å². The lowest BCUT2D eigenvalue weighted by Gasteiger charge is -2.44. The monoisotopic (exact) mass is 439 g/mol. The number of benzene rings is 2. The van der Waals surface area contributed by atoms with Gasteiger partial charge in [0.2, 0.25) is 5.91 Å². The number of likely N-dealkylation sites (tertiary alicyclic amines) is 1. The van der Waals surface area contributed by atoms with Gasteiger partial charge < -0.3 is 4.90 Å². The number of para-hydroxylation sites is 2. The highest BCUT2D eigenvalue weighted by Crippen LogP contribution is 2.70. The van der Waals surface area contributed by atoms with Gasteiger partial charge in [-0.1, -0.05) is 63.2 Å². The highest BCUT2D eigenvalue weighted by atomic mass is 16.2. The van der Waals surface area contributed by atoms with E-state index in [9.17, 15) is 4.79 Å². The third-order valence-corrected chi connectivity index (χ3v) is 9.58. The first-order chi connectivity index (χ1) is 15.9. The van der Waals surface area contributed by atoms with Crippen molar-refractivity contribution in [3.8, 4) is 0 Å². The Bertz CT molecular complexity index is 1230. The highest BCUT2D eigenvalue weighted by Gasteiger charge is 2.73. The molecule has 6 rings (SSSR count). The van der Waals surface area contributed by atoms with Gasteiger partial charge >= 0.3 is 0 Å². The maximum Gasteiger partial charge on any atom is 0.235 e. The number of nitrogens with zero attached hydrogens (tertiary/aromatic N) is 3. The van der Waals surface area contributed by atoms with Gasteiger partial charge in [0.25, 0.3) is 0 Å². The van der Waals surface area contributed by atoms with Crippen LogP contribution in [0.4, 0.5) is 0 Å². The van der Waals surface area contributed by atoms with Crippen LogP contribution < -0.4 is 0 Å². The number of amides is 1. The van der Waals surface area contributed by atoms with E-state index in [1.54, 1.807) is 0 Å². The highest BCUT2D eigenvalue weighted by molar-refractivity contribution is 5.93. The number of carbonyl (C=O) groups excluding carboxylic acids is 1. The number of hydrogen-bond acceptors (Lipinski definition) is 3. The second kappa shape index (κ2) is 7.12. The SMILES string of the molecule is CC12CCC(C(=O)N3CCC(Cc4ccccc4)CC3)(c3nc4ccccc4nc31)C2(C)C. The first kappa shape index (κ1) is 20.8. The Morgan fingerprint density at radius 1 is 0.879 bits per heavy atom. The predicted molar refractivity (Wildman–Crippen MR) is 131 cm³/mol. The number of hydrogen-bond donors (Lipinski definition) is 0. The third kappa shape index (κ3) is 2.73. The molecule has 33 heavy (non-hydrogen) atoms. The van der Waals surface area contributed by atoms with Crippen molar-refractivity contribution in [2.24, 2.45) is 11.3 Å². The van der Waals surface area contributed by atoms with Crippen LogP contribution in [0.15, 0.2) is 54.6 Å². The fourth-order valence-electron chi connectivity index (χ4n) is 7.08. The van der Waals surface area contributed by atoms with Gasteiger partial charge in [0.1, 0.15) is 0 Å². The Hall–Kier alpha value is -2.75. The van der Waals surface area contributed by atoms with Crippen LogP contribution in [0, 0.1) is 11.3 Å². The van der Waals surface area contributed by atoms with Gasteiger partial charge in [0, 0.05) is 18.5 Å². The topological polar surface area (TPSA) is 46.1 Å². The van der Waals surface area contributed by atoms with Crippen LogP contribution in [0.5, 0.6) is 0 Å². The molecule has 4 nitrogen and oxygen atoms in total. The molecule has 1 saturated heterocycles. The minimum Gasteiger partial charge on any atom is -0.342 e. The minimum atomic E-state index is -0.569. The molecule has 0 spiro atoms. The van der Waals surface area contributed by atoms with Gasteiger partial charge in [0.05, 0.1) is 27.8 Å². The molecule has 3 aromatic rings. The molecule has 170 valence electrons. The van der Waals surface area contributed by atoms with Crippen LogP contribution in [-0.4, -0.2) is 33.9 Å². The largest absolute Gasteiger partial charge is 0.342 e. The van der Waals surface area contributed by atoms with E-state index in [1.165, 1.54) is 5.56 Å². The molecule has 2 fully saturated rings.